The van der Waals surface area contributed by atoms with Crippen molar-refractivity contribution in [1.82, 2.24) is 5.32 Å². The molecule has 0 bridgehead atoms. The molecule has 0 spiro atoms. The van der Waals surface area contributed by atoms with Crippen molar-refractivity contribution in [3.05, 3.63) is 0 Å². The van der Waals surface area contributed by atoms with Gasteiger partial charge in [-0.15, -0.1) is 0 Å². The lowest BCUT2D eigenvalue weighted by molar-refractivity contribution is -0.118. The maximum Gasteiger partial charge on any atom is 0.219 e. The lowest BCUT2D eigenvalue weighted by atomic mass is 9.94. The van der Waals surface area contributed by atoms with Crippen LogP contribution in [-0.2, 0) is 4.79 Å². The van der Waals surface area contributed by atoms with E-state index < -0.39 is 0 Å². The van der Waals surface area contributed by atoms with Crippen LogP contribution in [0.5, 0.6) is 0 Å². The Morgan fingerprint density at radius 3 is 2.50 bits per heavy atom. The molecule has 5 N–H and O–H groups in total. The summed E-state index contributed by atoms with van der Waals surface area (Å²) >= 11 is 0. The maximum absolute atomic E-state index is 10.7. The second kappa shape index (κ2) is 5.98. The van der Waals surface area contributed by atoms with E-state index in [2.05, 4.69) is 5.32 Å². The maximum atomic E-state index is 10.7. The van der Waals surface area contributed by atoms with Crippen LogP contribution in [0.3, 0.4) is 0 Å². The van der Waals surface area contributed by atoms with Crippen LogP contribution >= 0.6 is 0 Å². The summed E-state index contributed by atoms with van der Waals surface area (Å²) < 4.78 is 0. The molecular formula is C10H21N3O. The van der Waals surface area contributed by atoms with Crippen molar-refractivity contribution in [1.29, 1.82) is 0 Å². The molecule has 0 aromatic carbocycles. The van der Waals surface area contributed by atoms with Crippen molar-refractivity contribution in [3.8, 4) is 0 Å². The van der Waals surface area contributed by atoms with Gasteiger partial charge in [0.2, 0.25) is 5.91 Å². The predicted molar refractivity (Wildman–Crippen MR) is 56.7 cm³/mol. The van der Waals surface area contributed by atoms with Gasteiger partial charge in [0.1, 0.15) is 0 Å². The molecule has 1 aliphatic rings. The van der Waals surface area contributed by atoms with E-state index >= 15 is 0 Å². The second-order valence-electron chi connectivity index (χ2n) is 4.10. The van der Waals surface area contributed by atoms with Crippen molar-refractivity contribution in [2.45, 2.75) is 50.6 Å². The Hall–Kier alpha value is -0.610. The Balaban J connectivity index is 2.27. The monoisotopic (exact) mass is 199 g/mol. The molecule has 0 aromatic heterocycles. The SMILES string of the molecule is NCC(CC(N)=O)NC1CCCCC1. The molecule has 0 aliphatic heterocycles. The molecule has 1 aliphatic carbocycles. The summed E-state index contributed by atoms with van der Waals surface area (Å²) in [6.45, 7) is 0.486. The van der Waals surface area contributed by atoms with Gasteiger partial charge in [0, 0.05) is 25.0 Å². The number of primary amides is 1. The number of amides is 1. The third kappa shape index (κ3) is 4.07. The highest BCUT2D eigenvalue weighted by Gasteiger charge is 2.17. The summed E-state index contributed by atoms with van der Waals surface area (Å²) in [5.74, 6) is -0.274. The van der Waals surface area contributed by atoms with Crippen LogP contribution in [0.1, 0.15) is 38.5 Å². The van der Waals surface area contributed by atoms with E-state index in [4.69, 9.17) is 11.5 Å². The molecule has 4 nitrogen and oxygen atoms in total. The lowest BCUT2D eigenvalue weighted by Gasteiger charge is -2.27. The zero-order valence-corrected chi connectivity index (χ0v) is 8.67. The highest BCUT2D eigenvalue weighted by molar-refractivity contribution is 5.74. The largest absolute Gasteiger partial charge is 0.370 e. The molecule has 82 valence electrons. The summed E-state index contributed by atoms with van der Waals surface area (Å²) in [7, 11) is 0. The first-order valence-corrected chi connectivity index (χ1v) is 5.46. The molecule has 14 heavy (non-hydrogen) atoms. The van der Waals surface area contributed by atoms with E-state index in [1.807, 2.05) is 0 Å². The van der Waals surface area contributed by atoms with Gasteiger partial charge in [-0.1, -0.05) is 19.3 Å². The van der Waals surface area contributed by atoms with Crippen LogP contribution in [0.15, 0.2) is 0 Å². The van der Waals surface area contributed by atoms with E-state index in [9.17, 15) is 4.79 Å². The Morgan fingerprint density at radius 1 is 1.36 bits per heavy atom. The van der Waals surface area contributed by atoms with Gasteiger partial charge >= 0.3 is 0 Å². The van der Waals surface area contributed by atoms with Gasteiger partial charge in [-0.25, -0.2) is 0 Å². The van der Waals surface area contributed by atoms with Crippen LogP contribution < -0.4 is 16.8 Å². The summed E-state index contributed by atoms with van der Waals surface area (Å²) in [6.07, 6.45) is 6.66. The van der Waals surface area contributed by atoms with Crippen LogP contribution in [0.4, 0.5) is 0 Å². The average Bonchev–Trinajstić information content (AvgIpc) is 2.17. The molecule has 4 heteroatoms. The van der Waals surface area contributed by atoms with Gasteiger partial charge in [-0.05, 0) is 12.8 Å². The average molecular weight is 199 g/mol. The molecule has 0 radical (unpaired) electrons. The zero-order valence-electron chi connectivity index (χ0n) is 8.67. The molecular weight excluding hydrogens is 178 g/mol. The van der Waals surface area contributed by atoms with E-state index in [0.29, 0.717) is 19.0 Å². The van der Waals surface area contributed by atoms with E-state index in [-0.39, 0.29) is 11.9 Å². The number of hydrogen-bond donors (Lipinski definition) is 3. The first-order valence-electron chi connectivity index (χ1n) is 5.46. The minimum Gasteiger partial charge on any atom is -0.370 e. The molecule has 1 rings (SSSR count). The van der Waals surface area contributed by atoms with Crippen molar-refractivity contribution >= 4 is 5.91 Å². The quantitative estimate of drug-likeness (QED) is 0.588. The molecule has 0 heterocycles. The molecule has 1 unspecified atom stereocenters. The predicted octanol–water partition coefficient (Wildman–Crippen LogP) is 0.111. The van der Waals surface area contributed by atoms with Gasteiger partial charge < -0.3 is 16.8 Å². The Bertz CT molecular complexity index is 178. The fourth-order valence-corrected chi connectivity index (χ4v) is 2.06. The second-order valence-corrected chi connectivity index (χ2v) is 4.10. The first kappa shape index (κ1) is 11.5. The molecule has 0 aromatic rings. The number of carbonyl (C=O) groups is 1. The molecule has 1 atom stereocenters. The fraction of sp³-hybridized carbons (Fsp3) is 0.900. The van der Waals surface area contributed by atoms with E-state index in [1.165, 1.54) is 32.1 Å². The zero-order chi connectivity index (χ0) is 10.4. The summed E-state index contributed by atoms with van der Waals surface area (Å²) in [5.41, 5.74) is 10.7. The summed E-state index contributed by atoms with van der Waals surface area (Å²) in [5, 5.41) is 3.41. The highest BCUT2D eigenvalue weighted by atomic mass is 16.1. The fourth-order valence-electron chi connectivity index (χ4n) is 2.06. The Morgan fingerprint density at radius 2 is 2.00 bits per heavy atom. The highest BCUT2D eigenvalue weighted by Crippen LogP contribution is 2.17. The third-order valence-corrected chi connectivity index (χ3v) is 2.81. The van der Waals surface area contributed by atoms with Crippen LogP contribution in [0.25, 0.3) is 0 Å². The van der Waals surface area contributed by atoms with Gasteiger partial charge in [-0.2, -0.15) is 0 Å². The third-order valence-electron chi connectivity index (χ3n) is 2.81. The summed E-state index contributed by atoms with van der Waals surface area (Å²) in [4.78, 5) is 10.7. The topological polar surface area (TPSA) is 81.1 Å². The van der Waals surface area contributed by atoms with E-state index in [1.54, 1.807) is 0 Å². The van der Waals surface area contributed by atoms with Crippen molar-refractivity contribution in [3.63, 3.8) is 0 Å². The minimum atomic E-state index is -0.274. The minimum absolute atomic E-state index is 0.0654. The molecule has 0 saturated heterocycles. The smallest absolute Gasteiger partial charge is 0.219 e. The van der Waals surface area contributed by atoms with Crippen molar-refractivity contribution in [2.75, 3.05) is 6.54 Å². The van der Waals surface area contributed by atoms with E-state index in [0.717, 1.165) is 0 Å². The van der Waals surface area contributed by atoms with Gasteiger partial charge in [0.05, 0.1) is 0 Å². The molecule has 1 fully saturated rings. The van der Waals surface area contributed by atoms with Crippen molar-refractivity contribution in [2.24, 2.45) is 11.5 Å². The first-order chi connectivity index (χ1) is 6.72. The molecule has 1 amide bonds. The van der Waals surface area contributed by atoms with Gasteiger partial charge in [0.25, 0.3) is 0 Å². The van der Waals surface area contributed by atoms with Crippen LogP contribution in [0, 0.1) is 0 Å². The van der Waals surface area contributed by atoms with Crippen LogP contribution in [0.2, 0.25) is 0 Å². The standard InChI is InChI=1S/C10H21N3O/c11-7-9(6-10(12)14)13-8-4-2-1-3-5-8/h8-9,13H,1-7,11H2,(H2,12,14). The normalized spacial score (nSPS) is 20.6. The van der Waals surface area contributed by atoms with Gasteiger partial charge in [-0.3, -0.25) is 4.79 Å². The number of rotatable bonds is 5. The Kier molecular flexibility index (Phi) is 4.90. The number of nitrogens with one attached hydrogen (secondary N) is 1. The van der Waals surface area contributed by atoms with Gasteiger partial charge in [0.15, 0.2) is 0 Å². The summed E-state index contributed by atoms with van der Waals surface area (Å²) in [6, 6.07) is 0.604. The number of hydrogen-bond acceptors (Lipinski definition) is 3. The number of carbonyl (C=O) groups excluding carboxylic acids is 1. The number of nitrogens with two attached hydrogens (primary N) is 2. The van der Waals surface area contributed by atoms with Crippen molar-refractivity contribution < 1.29 is 4.79 Å². The van der Waals surface area contributed by atoms with Crippen LogP contribution in [-0.4, -0.2) is 24.5 Å². The lowest BCUT2D eigenvalue weighted by Crippen LogP contribution is -2.45. The Labute approximate surface area is 85.4 Å². The molecule has 1 saturated carbocycles.